The Morgan fingerprint density at radius 2 is 1.74 bits per heavy atom. The molecule has 12 heteroatoms. The molecule has 1 aliphatic heterocycles. The van der Waals surface area contributed by atoms with E-state index in [4.69, 9.17) is 9.47 Å². The van der Waals surface area contributed by atoms with E-state index in [1.807, 2.05) is 36.6 Å². The van der Waals surface area contributed by atoms with Crippen molar-refractivity contribution in [2.75, 3.05) is 32.9 Å². The molecule has 1 aliphatic rings. The molecule has 0 bridgehead atoms. The summed E-state index contributed by atoms with van der Waals surface area (Å²) < 4.78 is 54.6. The molecule has 46 heavy (non-hydrogen) atoms. The van der Waals surface area contributed by atoms with Crippen molar-refractivity contribution in [3.63, 3.8) is 0 Å². The molecule has 2 aromatic heterocycles. The molecular formula is C34H30F3N5O4. The van der Waals surface area contributed by atoms with Gasteiger partial charge in [-0.1, -0.05) is 24.3 Å². The van der Waals surface area contributed by atoms with Gasteiger partial charge in [-0.15, -0.1) is 0 Å². The van der Waals surface area contributed by atoms with E-state index < -0.39 is 17.3 Å². The van der Waals surface area contributed by atoms with E-state index in [2.05, 4.69) is 10.1 Å². The summed E-state index contributed by atoms with van der Waals surface area (Å²) in [5, 5.41) is 4.74. The lowest BCUT2D eigenvalue weighted by molar-refractivity contribution is -0.138. The van der Waals surface area contributed by atoms with Crippen LogP contribution < -0.4 is 10.3 Å². The number of aryl methyl sites for hydroxylation is 1. The first kappa shape index (κ1) is 30.8. The highest BCUT2D eigenvalue weighted by molar-refractivity contribution is 5.83. The predicted molar refractivity (Wildman–Crippen MR) is 168 cm³/mol. The Morgan fingerprint density at radius 1 is 1.00 bits per heavy atom. The summed E-state index contributed by atoms with van der Waals surface area (Å²) in [6.07, 6.45) is -3.06. The highest BCUT2D eigenvalue weighted by atomic mass is 19.4. The van der Waals surface area contributed by atoms with Crippen LogP contribution in [0.3, 0.4) is 0 Å². The number of nitrogens with zero attached hydrogens (tertiary/aromatic N) is 5. The fourth-order valence-electron chi connectivity index (χ4n) is 5.43. The van der Waals surface area contributed by atoms with Crippen LogP contribution in [0.5, 0.6) is 5.75 Å². The molecule has 1 saturated heterocycles. The number of amides is 1. The number of alkyl halides is 3. The van der Waals surface area contributed by atoms with Crippen molar-refractivity contribution in [2.45, 2.75) is 20.0 Å². The molecular weight excluding hydrogens is 599 g/mol. The average Bonchev–Trinajstić information content (AvgIpc) is 3.35. The van der Waals surface area contributed by atoms with Gasteiger partial charge in [0.1, 0.15) is 5.75 Å². The Bertz CT molecular complexity index is 1990. The van der Waals surface area contributed by atoms with Crippen LogP contribution in [0, 0.1) is 13.8 Å². The van der Waals surface area contributed by atoms with Crippen LogP contribution in [0.2, 0.25) is 0 Å². The Kier molecular flexibility index (Phi) is 8.46. The third kappa shape index (κ3) is 6.29. The normalized spacial score (nSPS) is 13.9. The first-order valence-electron chi connectivity index (χ1n) is 14.6. The number of morpholine rings is 1. The van der Waals surface area contributed by atoms with Crippen molar-refractivity contribution in [3.05, 3.63) is 112 Å². The van der Waals surface area contributed by atoms with Crippen molar-refractivity contribution >= 4 is 23.0 Å². The van der Waals surface area contributed by atoms with Gasteiger partial charge in [0.15, 0.2) is 12.4 Å². The summed E-state index contributed by atoms with van der Waals surface area (Å²) in [7, 11) is 0. The molecule has 1 fully saturated rings. The molecule has 3 heterocycles. The van der Waals surface area contributed by atoms with Gasteiger partial charge in [-0.25, -0.2) is 4.98 Å². The number of benzene rings is 3. The van der Waals surface area contributed by atoms with Crippen molar-refractivity contribution in [1.82, 2.24) is 19.1 Å². The second kappa shape index (κ2) is 12.6. The Hall–Kier alpha value is -5.23. The molecule has 0 saturated carbocycles. The third-order valence-corrected chi connectivity index (χ3v) is 7.81. The van der Waals surface area contributed by atoms with Gasteiger partial charge in [-0.2, -0.15) is 22.9 Å². The molecule has 0 unspecified atom stereocenters. The molecule has 0 spiro atoms. The standard InChI is InChI=1S/C34H30F3N5O4/c1-22-18-25(23(2)41(22)27-10-12-28(13-11-27)46-21-31(43)40-14-16-45-17-15-40)20-38-42-32(24-6-5-7-26(19-24)34(35,36)37)39-30-9-4-3-8-29(30)33(42)44/h3-13,18-20H,14-17,21H2,1-2H3. The number of hydrogen-bond acceptors (Lipinski definition) is 6. The van der Waals surface area contributed by atoms with Crippen LogP contribution in [0.15, 0.2) is 88.8 Å². The topological polar surface area (TPSA) is 90.9 Å². The minimum atomic E-state index is -4.57. The summed E-state index contributed by atoms with van der Waals surface area (Å²) >= 11 is 0. The summed E-state index contributed by atoms with van der Waals surface area (Å²) in [5.74, 6) is 0.452. The maximum Gasteiger partial charge on any atom is 0.416 e. The minimum absolute atomic E-state index is 0.0115. The zero-order valence-electron chi connectivity index (χ0n) is 25.1. The first-order valence-corrected chi connectivity index (χ1v) is 14.6. The summed E-state index contributed by atoms with van der Waals surface area (Å²) in [4.78, 5) is 32.2. The molecule has 9 nitrogen and oxygen atoms in total. The lowest BCUT2D eigenvalue weighted by Gasteiger charge is -2.26. The van der Waals surface area contributed by atoms with Gasteiger partial charge in [0.25, 0.3) is 11.5 Å². The largest absolute Gasteiger partial charge is 0.484 e. The quantitative estimate of drug-likeness (QED) is 0.219. The van der Waals surface area contributed by atoms with E-state index in [1.165, 1.54) is 18.3 Å². The van der Waals surface area contributed by atoms with E-state index in [9.17, 15) is 22.8 Å². The van der Waals surface area contributed by atoms with Crippen LogP contribution in [-0.4, -0.2) is 64.2 Å². The van der Waals surface area contributed by atoms with Crippen LogP contribution in [0.1, 0.15) is 22.5 Å². The lowest BCUT2D eigenvalue weighted by atomic mass is 10.1. The van der Waals surface area contributed by atoms with E-state index in [0.717, 1.165) is 33.9 Å². The zero-order valence-corrected chi connectivity index (χ0v) is 25.1. The Labute approximate surface area is 262 Å². The third-order valence-electron chi connectivity index (χ3n) is 7.81. The van der Waals surface area contributed by atoms with Crippen molar-refractivity contribution in [2.24, 2.45) is 5.10 Å². The number of carbonyl (C=O) groups is 1. The van der Waals surface area contributed by atoms with Gasteiger partial charge in [0.2, 0.25) is 0 Å². The summed E-state index contributed by atoms with van der Waals surface area (Å²) in [6, 6.07) is 20.5. The maximum atomic E-state index is 13.6. The fraction of sp³-hybridized carbons (Fsp3) is 0.235. The molecule has 1 amide bonds. The van der Waals surface area contributed by atoms with Gasteiger partial charge < -0.3 is 18.9 Å². The Morgan fingerprint density at radius 3 is 2.48 bits per heavy atom. The number of ether oxygens (including phenoxy) is 2. The fourth-order valence-corrected chi connectivity index (χ4v) is 5.43. The molecule has 0 N–H and O–H groups in total. The minimum Gasteiger partial charge on any atom is -0.484 e. The van der Waals surface area contributed by atoms with E-state index in [1.54, 1.807) is 41.3 Å². The number of aromatic nitrogens is 3. The van der Waals surface area contributed by atoms with Gasteiger partial charge in [0, 0.05) is 41.3 Å². The molecule has 3 aromatic carbocycles. The smallest absolute Gasteiger partial charge is 0.416 e. The summed E-state index contributed by atoms with van der Waals surface area (Å²) in [5.41, 5.74) is 2.34. The zero-order chi connectivity index (χ0) is 32.4. The molecule has 0 atom stereocenters. The SMILES string of the molecule is Cc1cc(C=Nn2c(-c3cccc(C(F)(F)F)c3)nc3ccccc3c2=O)c(C)n1-c1ccc(OCC(=O)N2CCOCC2)cc1. The van der Waals surface area contributed by atoms with E-state index >= 15 is 0 Å². The van der Waals surface area contributed by atoms with Gasteiger partial charge >= 0.3 is 6.18 Å². The van der Waals surface area contributed by atoms with E-state index in [-0.39, 0.29) is 29.3 Å². The molecule has 0 aliphatic carbocycles. The summed E-state index contributed by atoms with van der Waals surface area (Å²) in [6.45, 7) is 5.91. The second-order valence-corrected chi connectivity index (χ2v) is 10.8. The monoisotopic (exact) mass is 629 g/mol. The number of hydrogen-bond donors (Lipinski definition) is 0. The predicted octanol–water partition coefficient (Wildman–Crippen LogP) is 5.61. The van der Waals surface area contributed by atoms with Crippen molar-refractivity contribution < 1.29 is 27.4 Å². The van der Waals surface area contributed by atoms with Crippen molar-refractivity contribution in [3.8, 4) is 22.8 Å². The van der Waals surface area contributed by atoms with Crippen molar-refractivity contribution in [1.29, 1.82) is 0 Å². The lowest BCUT2D eigenvalue weighted by Crippen LogP contribution is -2.42. The number of carbonyl (C=O) groups excluding carboxylic acids is 1. The van der Waals surface area contributed by atoms with Crippen LogP contribution >= 0.6 is 0 Å². The van der Waals surface area contributed by atoms with E-state index in [0.29, 0.717) is 43.1 Å². The van der Waals surface area contributed by atoms with Gasteiger partial charge in [0.05, 0.1) is 35.9 Å². The van der Waals surface area contributed by atoms with Crippen LogP contribution in [0.25, 0.3) is 28.0 Å². The number of para-hydroxylation sites is 1. The highest BCUT2D eigenvalue weighted by Crippen LogP contribution is 2.32. The number of fused-ring (bicyclic) bond motifs is 1. The Balaban J connectivity index is 1.29. The van der Waals surface area contributed by atoms with Gasteiger partial charge in [-0.05, 0) is 68.4 Å². The number of rotatable bonds is 7. The van der Waals surface area contributed by atoms with Crippen LogP contribution in [0.4, 0.5) is 13.2 Å². The molecule has 5 aromatic rings. The second-order valence-electron chi connectivity index (χ2n) is 10.8. The van der Waals surface area contributed by atoms with Crippen LogP contribution in [-0.2, 0) is 15.7 Å². The van der Waals surface area contributed by atoms with Gasteiger partial charge in [-0.3, -0.25) is 9.59 Å². The number of halogens is 3. The molecule has 236 valence electrons. The average molecular weight is 630 g/mol. The maximum absolute atomic E-state index is 13.6. The molecule has 0 radical (unpaired) electrons. The highest BCUT2D eigenvalue weighted by Gasteiger charge is 2.31. The molecule has 6 rings (SSSR count). The first-order chi connectivity index (χ1) is 22.1.